The van der Waals surface area contributed by atoms with Gasteiger partial charge in [0.15, 0.2) is 6.20 Å². The minimum Gasteiger partial charge on any atom is -0.287 e. The van der Waals surface area contributed by atoms with Crippen LogP contribution >= 0.6 is 0 Å². The number of carbonyl (C=O) groups is 1. The summed E-state index contributed by atoms with van der Waals surface area (Å²) in [6, 6.07) is 21.4. The van der Waals surface area contributed by atoms with Gasteiger partial charge in [-0.2, -0.15) is 4.57 Å². The van der Waals surface area contributed by atoms with Gasteiger partial charge in [0.1, 0.15) is 0 Å². The van der Waals surface area contributed by atoms with E-state index in [0.717, 1.165) is 16.5 Å². The number of ketones is 1. The van der Waals surface area contributed by atoms with Crippen molar-refractivity contribution in [2.24, 2.45) is 0 Å². The molecular weight excluding hydrogens is 246 g/mol. The normalized spacial score (nSPS) is 12.2. The molecule has 1 atom stereocenters. The van der Waals surface area contributed by atoms with Crippen LogP contribution in [0.25, 0.3) is 10.9 Å². The number of carbonyl (C=O) groups excluding carboxylic acids is 1. The Hall–Kier alpha value is -2.48. The molecule has 0 N–H and O–H groups in total. The van der Waals surface area contributed by atoms with Crippen LogP contribution in [0.1, 0.15) is 23.3 Å². The zero-order valence-corrected chi connectivity index (χ0v) is 11.4. The van der Waals surface area contributed by atoms with Gasteiger partial charge in [0.2, 0.25) is 17.3 Å². The monoisotopic (exact) mass is 262 g/mol. The molecule has 0 aliphatic carbocycles. The molecule has 0 fully saturated rings. The van der Waals surface area contributed by atoms with Crippen LogP contribution in [0.3, 0.4) is 0 Å². The van der Waals surface area contributed by atoms with Crippen molar-refractivity contribution in [3.63, 3.8) is 0 Å². The zero-order valence-electron chi connectivity index (χ0n) is 11.4. The number of aromatic nitrogens is 1. The number of Topliss-reactive ketones (excluding diaryl/α,β-unsaturated/α-hetero) is 1. The van der Waals surface area contributed by atoms with Crippen molar-refractivity contribution in [3.05, 3.63) is 78.5 Å². The Balaban J connectivity index is 2.05. The SMILES string of the molecule is C[C@@H](C(=O)c1ccccc1)[n+]1cccc2ccccc21. The molecule has 0 saturated heterocycles. The average molecular weight is 262 g/mol. The first-order valence-corrected chi connectivity index (χ1v) is 6.75. The summed E-state index contributed by atoms with van der Waals surface area (Å²) in [4.78, 5) is 12.6. The maximum Gasteiger partial charge on any atom is 0.230 e. The number of benzene rings is 2. The fraction of sp³-hybridized carbons (Fsp3) is 0.111. The summed E-state index contributed by atoms with van der Waals surface area (Å²) in [5, 5.41) is 1.14. The highest BCUT2D eigenvalue weighted by molar-refractivity contribution is 5.97. The third-order valence-corrected chi connectivity index (χ3v) is 3.59. The van der Waals surface area contributed by atoms with E-state index in [-0.39, 0.29) is 11.8 Å². The molecular formula is C18H16NO+. The van der Waals surface area contributed by atoms with E-state index in [1.54, 1.807) is 0 Å². The van der Waals surface area contributed by atoms with Crippen molar-refractivity contribution in [1.82, 2.24) is 0 Å². The third kappa shape index (κ3) is 2.21. The molecule has 2 aromatic carbocycles. The van der Waals surface area contributed by atoms with E-state index in [4.69, 9.17) is 0 Å². The highest BCUT2D eigenvalue weighted by atomic mass is 16.1. The van der Waals surface area contributed by atoms with E-state index < -0.39 is 0 Å². The van der Waals surface area contributed by atoms with E-state index in [1.165, 1.54) is 0 Å². The lowest BCUT2D eigenvalue weighted by Crippen LogP contribution is -2.42. The Morgan fingerprint density at radius 2 is 1.55 bits per heavy atom. The van der Waals surface area contributed by atoms with Gasteiger partial charge in [-0.25, -0.2) is 0 Å². The predicted molar refractivity (Wildman–Crippen MR) is 79.6 cm³/mol. The van der Waals surface area contributed by atoms with E-state index in [1.807, 2.05) is 72.3 Å². The number of hydrogen-bond donors (Lipinski definition) is 0. The molecule has 98 valence electrons. The number of pyridine rings is 1. The predicted octanol–water partition coefficient (Wildman–Crippen LogP) is 3.57. The molecule has 0 radical (unpaired) electrons. The molecule has 3 rings (SSSR count). The second-order valence-electron chi connectivity index (χ2n) is 4.88. The van der Waals surface area contributed by atoms with Gasteiger partial charge in [-0.15, -0.1) is 0 Å². The van der Waals surface area contributed by atoms with Crippen molar-refractivity contribution < 1.29 is 9.36 Å². The molecule has 2 heteroatoms. The molecule has 0 amide bonds. The molecule has 0 aliphatic heterocycles. The Bertz CT molecular complexity index is 744. The molecule has 0 unspecified atom stereocenters. The van der Waals surface area contributed by atoms with Crippen molar-refractivity contribution >= 4 is 16.7 Å². The fourth-order valence-corrected chi connectivity index (χ4v) is 2.49. The summed E-state index contributed by atoms with van der Waals surface area (Å²) < 4.78 is 2.03. The van der Waals surface area contributed by atoms with E-state index in [2.05, 4.69) is 12.1 Å². The van der Waals surface area contributed by atoms with Gasteiger partial charge >= 0.3 is 0 Å². The standard InChI is InChI=1S/C18H16NO/c1-14(18(20)16-9-3-2-4-10-16)19-13-7-11-15-8-5-6-12-17(15)19/h2-14H,1H3/q+1/t14-/m0/s1. The maximum atomic E-state index is 12.6. The quantitative estimate of drug-likeness (QED) is 0.522. The van der Waals surface area contributed by atoms with Crippen LogP contribution in [-0.4, -0.2) is 5.78 Å². The van der Waals surface area contributed by atoms with Crippen molar-refractivity contribution in [1.29, 1.82) is 0 Å². The molecule has 1 aromatic heterocycles. The first-order valence-electron chi connectivity index (χ1n) is 6.75. The number of para-hydroxylation sites is 1. The van der Waals surface area contributed by atoms with E-state index in [0.29, 0.717) is 0 Å². The number of nitrogens with zero attached hydrogens (tertiary/aromatic N) is 1. The minimum absolute atomic E-state index is 0.131. The summed E-state index contributed by atoms with van der Waals surface area (Å²) in [5.74, 6) is 0.131. The molecule has 0 bridgehead atoms. The van der Waals surface area contributed by atoms with Crippen LogP contribution in [0.15, 0.2) is 72.9 Å². The van der Waals surface area contributed by atoms with E-state index >= 15 is 0 Å². The lowest BCUT2D eigenvalue weighted by molar-refractivity contribution is -0.679. The highest BCUT2D eigenvalue weighted by Crippen LogP contribution is 2.14. The second kappa shape index (κ2) is 5.25. The maximum absolute atomic E-state index is 12.6. The van der Waals surface area contributed by atoms with Gasteiger partial charge in [0.25, 0.3) is 0 Å². The Labute approximate surface area is 118 Å². The zero-order chi connectivity index (χ0) is 13.9. The molecule has 3 aromatic rings. The van der Waals surface area contributed by atoms with Crippen molar-refractivity contribution in [3.8, 4) is 0 Å². The third-order valence-electron chi connectivity index (χ3n) is 3.59. The Morgan fingerprint density at radius 3 is 2.35 bits per heavy atom. The summed E-state index contributed by atoms with van der Waals surface area (Å²) in [6.45, 7) is 1.95. The summed E-state index contributed by atoms with van der Waals surface area (Å²) in [6.07, 6.45) is 1.97. The first kappa shape index (κ1) is 12.5. The largest absolute Gasteiger partial charge is 0.287 e. The molecule has 0 aliphatic rings. The highest BCUT2D eigenvalue weighted by Gasteiger charge is 2.25. The smallest absolute Gasteiger partial charge is 0.230 e. The fourth-order valence-electron chi connectivity index (χ4n) is 2.49. The lowest BCUT2D eigenvalue weighted by atomic mass is 10.0. The topological polar surface area (TPSA) is 20.9 Å². The van der Waals surface area contributed by atoms with Crippen LogP contribution in [0.5, 0.6) is 0 Å². The second-order valence-corrected chi connectivity index (χ2v) is 4.88. The lowest BCUT2D eigenvalue weighted by Gasteiger charge is -2.08. The summed E-state index contributed by atoms with van der Waals surface area (Å²) >= 11 is 0. The van der Waals surface area contributed by atoms with Gasteiger partial charge in [-0.1, -0.05) is 42.5 Å². The van der Waals surface area contributed by atoms with Gasteiger partial charge in [-0.3, -0.25) is 4.79 Å². The molecule has 0 saturated carbocycles. The van der Waals surface area contributed by atoms with Crippen LogP contribution in [0.4, 0.5) is 0 Å². The van der Waals surface area contributed by atoms with Crippen molar-refractivity contribution in [2.45, 2.75) is 13.0 Å². The average Bonchev–Trinajstić information content (AvgIpc) is 2.54. The summed E-state index contributed by atoms with van der Waals surface area (Å²) in [7, 11) is 0. The Morgan fingerprint density at radius 1 is 0.900 bits per heavy atom. The van der Waals surface area contributed by atoms with Crippen LogP contribution in [0.2, 0.25) is 0 Å². The summed E-state index contributed by atoms with van der Waals surface area (Å²) in [5.41, 5.74) is 1.83. The number of fused-ring (bicyclic) bond motifs is 1. The molecule has 20 heavy (non-hydrogen) atoms. The van der Waals surface area contributed by atoms with Gasteiger partial charge in [0.05, 0.1) is 0 Å². The van der Waals surface area contributed by atoms with Gasteiger partial charge in [0, 0.05) is 30.0 Å². The van der Waals surface area contributed by atoms with Crippen LogP contribution in [-0.2, 0) is 0 Å². The van der Waals surface area contributed by atoms with Gasteiger partial charge in [-0.05, 0) is 12.1 Å². The molecule has 1 heterocycles. The van der Waals surface area contributed by atoms with Crippen molar-refractivity contribution in [2.75, 3.05) is 0 Å². The minimum atomic E-state index is -0.219. The molecule has 2 nitrogen and oxygen atoms in total. The number of hydrogen-bond acceptors (Lipinski definition) is 1. The molecule has 0 spiro atoms. The van der Waals surface area contributed by atoms with E-state index in [9.17, 15) is 4.79 Å². The first-order chi connectivity index (χ1) is 9.77. The Kier molecular flexibility index (Phi) is 3.30. The van der Waals surface area contributed by atoms with Gasteiger partial charge < -0.3 is 0 Å². The number of rotatable bonds is 3. The van der Waals surface area contributed by atoms with Crippen LogP contribution in [0, 0.1) is 0 Å². The van der Waals surface area contributed by atoms with Crippen LogP contribution < -0.4 is 4.57 Å².